The molecule has 15 heteroatoms. The van der Waals surface area contributed by atoms with Gasteiger partial charge in [-0.1, -0.05) is 31.1 Å². The van der Waals surface area contributed by atoms with Gasteiger partial charge in [-0.05, 0) is 77.5 Å². The second-order valence-electron chi connectivity index (χ2n) is 12.7. The number of hydrogen-bond donors (Lipinski definition) is 3. The number of alkyl halides is 3. The van der Waals surface area contributed by atoms with Crippen molar-refractivity contribution in [3.8, 4) is 0 Å². The van der Waals surface area contributed by atoms with Gasteiger partial charge in [0, 0.05) is 12.5 Å². The first-order chi connectivity index (χ1) is 20.9. The van der Waals surface area contributed by atoms with Crippen molar-refractivity contribution >= 4 is 33.8 Å². The SMILES string of the molecule is CC(C)(C)OC(=O)N[C@H]1CCCCC/C=C\[C@@H]2C[C@@]2(C(=O)NS(=O)(=O)c2cccc(C(F)(F)F)c2)NC(=O)[C@@H]2CCCN2C1=O. The molecule has 2 aliphatic heterocycles. The zero-order chi connectivity index (χ0) is 33.2. The predicted molar refractivity (Wildman–Crippen MR) is 156 cm³/mol. The minimum absolute atomic E-state index is 0.0582. The summed E-state index contributed by atoms with van der Waals surface area (Å²) in [5.41, 5.74) is -3.68. The van der Waals surface area contributed by atoms with Gasteiger partial charge in [-0.2, -0.15) is 13.2 Å². The van der Waals surface area contributed by atoms with E-state index in [2.05, 4.69) is 10.6 Å². The van der Waals surface area contributed by atoms with E-state index in [0.29, 0.717) is 37.8 Å². The summed E-state index contributed by atoms with van der Waals surface area (Å²) in [6.07, 6.45) is 1.83. The normalized spacial score (nSPS) is 27.2. The van der Waals surface area contributed by atoms with Gasteiger partial charge in [0.05, 0.1) is 10.5 Å². The minimum atomic E-state index is -4.80. The molecule has 0 radical (unpaired) electrons. The Morgan fingerprint density at radius 1 is 1.07 bits per heavy atom. The quantitative estimate of drug-likeness (QED) is 0.418. The number of amides is 4. The number of allylic oxidation sites excluding steroid dienone is 1. The summed E-state index contributed by atoms with van der Waals surface area (Å²) in [6, 6.07) is 1.06. The first-order valence-electron chi connectivity index (χ1n) is 15.0. The minimum Gasteiger partial charge on any atom is -0.444 e. The zero-order valence-electron chi connectivity index (χ0n) is 25.4. The Hall–Kier alpha value is -3.62. The van der Waals surface area contributed by atoms with Crippen molar-refractivity contribution in [3.63, 3.8) is 0 Å². The molecule has 45 heavy (non-hydrogen) atoms. The molecule has 1 saturated carbocycles. The third-order valence-electron chi connectivity index (χ3n) is 8.02. The van der Waals surface area contributed by atoms with E-state index in [9.17, 15) is 40.8 Å². The summed E-state index contributed by atoms with van der Waals surface area (Å²) in [7, 11) is -4.74. The molecular weight excluding hydrogens is 617 g/mol. The summed E-state index contributed by atoms with van der Waals surface area (Å²) in [4.78, 5) is 54.0. The van der Waals surface area contributed by atoms with Gasteiger partial charge in [-0.15, -0.1) is 0 Å². The van der Waals surface area contributed by atoms with Crippen LogP contribution < -0.4 is 15.4 Å². The number of rotatable bonds is 4. The highest BCUT2D eigenvalue weighted by Gasteiger charge is 2.61. The molecule has 0 spiro atoms. The zero-order valence-corrected chi connectivity index (χ0v) is 26.2. The Balaban J connectivity index is 1.57. The number of benzene rings is 1. The van der Waals surface area contributed by atoms with E-state index in [1.165, 1.54) is 4.90 Å². The largest absolute Gasteiger partial charge is 0.444 e. The van der Waals surface area contributed by atoms with E-state index >= 15 is 0 Å². The van der Waals surface area contributed by atoms with Crippen LogP contribution in [0.1, 0.15) is 77.7 Å². The maximum Gasteiger partial charge on any atom is 0.416 e. The van der Waals surface area contributed by atoms with Crippen molar-refractivity contribution in [1.82, 2.24) is 20.3 Å². The highest BCUT2D eigenvalue weighted by atomic mass is 32.2. The smallest absolute Gasteiger partial charge is 0.416 e. The van der Waals surface area contributed by atoms with Crippen LogP contribution in [0.15, 0.2) is 41.3 Å². The topological polar surface area (TPSA) is 151 Å². The number of carbonyl (C=O) groups is 4. The standard InChI is InChI=1S/C30H39F3N4O7S/c1-28(2,3)44-27(41)34-22-14-8-6-4-5-7-11-20-18-29(20,35-24(38)23-15-10-16-37(23)25(22)39)26(40)36-45(42,43)21-13-9-12-19(17-21)30(31,32)33/h7,9,11-13,17,20,22-23H,4-6,8,10,14-16,18H2,1-3H3,(H,34,41)(H,35,38)(H,36,40)/b11-7-/t20-,22+,23+,29-/m1/s1. The van der Waals surface area contributed by atoms with Crippen molar-refractivity contribution in [2.75, 3.05) is 6.54 Å². The molecule has 0 unspecified atom stereocenters. The van der Waals surface area contributed by atoms with Crippen molar-refractivity contribution in [3.05, 3.63) is 42.0 Å². The van der Waals surface area contributed by atoms with Crippen LogP contribution in [-0.4, -0.2) is 66.9 Å². The molecule has 1 aliphatic carbocycles. The Bertz CT molecular complexity index is 1460. The fourth-order valence-corrected chi connectivity index (χ4v) is 6.74. The average molecular weight is 657 g/mol. The Labute approximate surface area is 260 Å². The number of sulfonamides is 1. The van der Waals surface area contributed by atoms with Crippen LogP contribution in [0.3, 0.4) is 0 Å². The van der Waals surface area contributed by atoms with Crippen molar-refractivity contribution in [2.45, 2.75) is 106 Å². The van der Waals surface area contributed by atoms with Crippen LogP contribution in [0.25, 0.3) is 0 Å². The van der Waals surface area contributed by atoms with Gasteiger partial charge < -0.3 is 20.3 Å². The van der Waals surface area contributed by atoms with E-state index in [1.807, 2.05) is 10.8 Å². The summed E-state index contributed by atoms with van der Waals surface area (Å²) in [6.45, 7) is 5.32. The van der Waals surface area contributed by atoms with Crippen LogP contribution in [-0.2, 0) is 35.3 Å². The van der Waals surface area contributed by atoms with Crippen molar-refractivity contribution < 1.29 is 45.5 Å². The predicted octanol–water partition coefficient (Wildman–Crippen LogP) is 3.79. The van der Waals surface area contributed by atoms with E-state index in [4.69, 9.17) is 4.74 Å². The van der Waals surface area contributed by atoms with Gasteiger partial charge in [0.25, 0.3) is 15.9 Å². The molecule has 4 atom stereocenters. The number of nitrogens with one attached hydrogen (secondary N) is 3. The second kappa shape index (κ2) is 13.0. The highest BCUT2D eigenvalue weighted by Crippen LogP contribution is 2.46. The third-order valence-corrected chi connectivity index (χ3v) is 9.35. The van der Waals surface area contributed by atoms with Crippen molar-refractivity contribution in [2.24, 2.45) is 5.92 Å². The lowest BCUT2D eigenvalue weighted by Crippen LogP contribution is -2.58. The number of hydrogen-bond acceptors (Lipinski definition) is 7. The molecule has 3 N–H and O–H groups in total. The first kappa shape index (κ1) is 34.3. The summed E-state index contributed by atoms with van der Waals surface area (Å²) < 4.78 is 72.9. The van der Waals surface area contributed by atoms with E-state index in [1.54, 1.807) is 26.8 Å². The molecule has 4 amide bonds. The molecule has 2 heterocycles. The maximum absolute atomic E-state index is 13.7. The number of carbonyl (C=O) groups excluding carboxylic acids is 4. The molecule has 248 valence electrons. The molecule has 0 bridgehead atoms. The third kappa shape index (κ3) is 8.35. The fourth-order valence-electron chi connectivity index (χ4n) is 5.65. The number of fused-ring (bicyclic) bond motifs is 2. The summed E-state index contributed by atoms with van der Waals surface area (Å²) >= 11 is 0. The molecule has 3 aliphatic rings. The average Bonchev–Trinajstić information content (AvgIpc) is 3.39. The van der Waals surface area contributed by atoms with Gasteiger partial charge in [0.15, 0.2) is 0 Å². The number of nitrogens with zero attached hydrogens (tertiary/aromatic N) is 1. The number of ether oxygens (including phenoxy) is 1. The van der Waals surface area contributed by atoms with Crippen LogP contribution in [0.5, 0.6) is 0 Å². The highest BCUT2D eigenvalue weighted by molar-refractivity contribution is 7.90. The summed E-state index contributed by atoms with van der Waals surface area (Å²) in [5, 5.41) is 5.32. The monoisotopic (exact) mass is 656 g/mol. The Morgan fingerprint density at radius 3 is 2.49 bits per heavy atom. The number of alkyl carbamates (subject to hydrolysis) is 1. The molecule has 1 aromatic carbocycles. The van der Waals surface area contributed by atoms with Crippen LogP contribution in [0.4, 0.5) is 18.0 Å². The van der Waals surface area contributed by atoms with Crippen LogP contribution >= 0.6 is 0 Å². The van der Waals surface area contributed by atoms with E-state index in [-0.39, 0.29) is 19.4 Å². The summed E-state index contributed by atoms with van der Waals surface area (Å²) in [5.74, 6) is -2.80. The Kier molecular flexibility index (Phi) is 9.90. The second-order valence-corrected chi connectivity index (χ2v) is 14.4. The first-order valence-corrected chi connectivity index (χ1v) is 16.4. The van der Waals surface area contributed by atoms with E-state index in [0.717, 1.165) is 25.0 Å². The lowest BCUT2D eigenvalue weighted by Gasteiger charge is -2.30. The molecule has 1 saturated heterocycles. The maximum atomic E-state index is 13.7. The lowest BCUT2D eigenvalue weighted by molar-refractivity contribution is -0.141. The van der Waals surface area contributed by atoms with Gasteiger partial charge in [0.2, 0.25) is 11.8 Å². The molecular formula is C30H39F3N4O7S. The molecule has 11 nitrogen and oxygen atoms in total. The molecule has 1 aromatic rings. The van der Waals surface area contributed by atoms with Gasteiger partial charge in [0.1, 0.15) is 23.2 Å². The molecule has 2 fully saturated rings. The van der Waals surface area contributed by atoms with E-state index < -0.39 is 79.6 Å². The molecule has 0 aromatic heterocycles. The van der Waals surface area contributed by atoms with Gasteiger partial charge in [-0.3, -0.25) is 14.4 Å². The van der Waals surface area contributed by atoms with Crippen LogP contribution in [0.2, 0.25) is 0 Å². The number of halogens is 3. The van der Waals surface area contributed by atoms with Gasteiger partial charge in [-0.25, -0.2) is 17.9 Å². The van der Waals surface area contributed by atoms with Gasteiger partial charge >= 0.3 is 12.3 Å². The fraction of sp³-hybridized carbons (Fsp3) is 0.600. The lowest BCUT2D eigenvalue weighted by atomic mass is 10.0. The molecule has 4 rings (SSSR count). The van der Waals surface area contributed by atoms with Crippen LogP contribution in [0, 0.1) is 5.92 Å². The Morgan fingerprint density at radius 2 is 1.80 bits per heavy atom. The van der Waals surface area contributed by atoms with Crippen molar-refractivity contribution in [1.29, 1.82) is 0 Å².